The Kier molecular flexibility index (Phi) is 7.73. The molecule has 0 bridgehead atoms. The number of aliphatic imine (C=N–C) groups is 1. The first-order chi connectivity index (χ1) is 14.3. The Morgan fingerprint density at radius 2 is 1.90 bits per heavy atom. The Morgan fingerprint density at radius 3 is 2.60 bits per heavy atom. The highest BCUT2D eigenvalue weighted by molar-refractivity contribution is 14.0. The predicted octanol–water partition coefficient (Wildman–Crippen LogP) is 4.06. The first-order valence-corrected chi connectivity index (χ1v) is 9.96. The summed E-state index contributed by atoms with van der Waals surface area (Å²) >= 11 is 0. The standard InChI is InChI=1S/C23H27N5O.HI/c1-24-23(27-14-12-19(17-27)18-6-4-3-5-7-18)25-16-20-13-15-28(26-20)21-8-10-22(29-2)11-9-21;/h3-11,13,15,19H,12,14,16-17H2,1-2H3,(H,24,25);1H. The Hall–Kier alpha value is -2.55. The lowest BCUT2D eigenvalue weighted by atomic mass is 9.99. The van der Waals surface area contributed by atoms with Crippen LogP contribution in [0.5, 0.6) is 5.75 Å². The predicted molar refractivity (Wildman–Crippen MR) is 131 cm³/mol. The van der Waals surface area contributed by atoms with E-state index in [2.05, 4.69) is 50.6 Å². The summed E-state index contributed by atoms with van der Waals surface area (Å²) in [6, 6.07) is 20.6. The summed E-state index contributed by atoms with van der Waals surface area (Å²) in [5.41, 5.74) is 3.39. The van der Waals surface area contributed by atoms with Gasteiger partial charge in [0, 0.05) is 32.3 Å². The number of hydrogen-bond acceptors (Lipinski definition) is 3. The molecule has 0 radical (unpaired) electrons. The lowest BCUT2D eigenvalue weighted by Gasteiger charge is -2.21. The first kappa shape index (κ1) is 22.1. The number of benzene rings is 2. The SMILES string of the molecule is CN=C(NCc1ccn(-c2ccc(OC)cc2)n1)N1CCC(c2ccccc2)C1.I. The third-order valence-electron chi connectivity index (χ3n) is 5.38. The zero-order valence-electron chi connectivity index (χ0n) is 17.4. The molecule has 1 aliphatic heterocycles. The van der Waals surface area contributed by atoms with Crippen molar-refractivity contribution in [1.29, 1.82) is 0 Å². The van der Waals surface area contributed by atoms with Gasteiger partial charge in [-0.2, -0.15) is 5.10 Å². The van der Waals surface area contributed by atoms with Crippen molar-refractivity contribution >= 4 is 29.9 Å². The maximum atomic E-state index is 5.21. The molecule has 1 aromatic heterocycles. The van der Waals surface area contributed by atoms with E-state index < -0.39 is 0 Å². The van der Waals surface area contributed by atoms with E-state index in [0.717, 1.165) is 42.6 Å². The molecule has 1 aliphatic rings. The second-order valence-electron chi connectivity index (χ2n) is 7.19. The van der Waals surface area contributed by atoms with E-state index in [1.165, 1.54) is 5.56 Å². The van der Waals surface area contributed by atoms with Crippen LogP contribution in [0.1, 0.15) is 23.6 Å². The van der Waals surface area contributed by atoms with Crippen LogP contribution in [0.4, 0.5) is 0 Å². The molecule has 7 heteroatoms. The smallest absolute Gasteiger partial charge is 0.193 e. The van der Waals surface area contributed by atoms with Crippen LogP contribution in [0.25, 0.3) is 5.69 Å². The average Bonchev–Trinajstić information content (AvgIpc) is 3.45. The van der Waals surface area contributed by atoms with E-state index in [1.807, 2.05) is 48.3 Å². The molecule has 4 rings (SSSR count). The molecule has 1 N–H and O–H groups in total. The molecule has 6 nitrogen and oxygen atoms in total. The molecule has 30 heavy (non-hydrogen) atoms. The Morgan fingerprint density at radius 1 is 1.13 bits per heavy atom. The van der Waals surface area contributed by atoms with Crippen LogP contribution in [-0.4, -0.2) is 47.9 Å². The van der Waals surface area contributed by atoms with Crippen molar-refractivity contribution in [3.05, 3.63) is 78.1 Å². The number of nitrogens with zero attached hydrogens (tertiary/aromatic N) is 4. The molecule has 0 spiro atoms. The van der Waals surface area contributed by atoms with E-state index >= 15 is 0 Å². The van der Waals surface area contributed by atoms with Crippen LogP contribution in [0.3, 0.4) is 0 Å². The van der Waals surface area contributed by atoms with Gasteiger partial charge in [0.1, 0.15) is 5.75 Å². The van der Waals surface area contributed by atoms with Gasteiger partial charge in [-0.1, -0.05) is 30.3 Å². The van der Waals surface area contributed by atoms with Gasteiger partial charge in [-0.25, -0.2) is 4.68 Å². The normalized spacial score (nSPS) is 16.3. The largest absolute Gasteiger partial charge is 0.497 e. The van der Waals surface area contributed by atoms with Crippen molar-refractivity contribution in [3.8, 4) is 11.4 Å². The fourth-order valence-corrected chi connectivity index (χ4v) is 3.79. The number of guanidine groups is 1. The highest BCUT2D eigenvalue weighted by Crippen LogP contribution is 2.26. The van der Waals surface area contributed by atoms with Gasteiger partial charge in [-0.15, -0.1) is 24.0 Å². The molecule has 0 amide bonds. The number of nitrogens with one attached hydrogen (secondary N) is 1. The molecule has 3 aromatic rings. The van der Waals surface area contributed by atoms with Crippen molar-refractivity contribution in [2.45, 2.75) is 18.9 Å². The minimum absolute atomic E-state index is 0. The van der Waals surface area contributed by atoms with E-state index in [0.29, 0.717) is 12.5 Å². The summed E-state index contributed by atoms with van der Waals surface area (Å²) in [4.78, 5) is 6.81. The van der Waals surface area contributed by atoms with E-state index in [-0.39, 0.29) is 24.0 Å². The van der Waals surface area contributed by atoms with Gasteiger partial charge in [-0.3, -0.25) is 4.99 Å². The Bertz CT molecular complexity index is 955. The number of halogens is 1. The van der Waals surface area contributed by atoms with Gasteiger partial charge in [-0.05, 0) is 42.3 Å². The second kappa shape index (κ2) is 10.5. The highest BCUT2D eigenvalue weighted by Gasteiger charge is 2.25. The third kappa shape index (κ3) is 5.13. The summed E-state index contributed by atoms with van der Waals surface area (Å²) in [6.07, 6.45) is 3.12. The average molecular weight is 517 g/mol. The molecule has 1 fully saturated rings. The number of rotatable bonds is 5. The molecule has 0 saturated carbocycles. The quantitative estimate of drug-likeness (QED) is 0.315. The number of likely N-dealkylation sites (tertiary alicyclic amines) is 1. The molecule has 1 atom stereocenters. The monoisotopic (exact) mass is 517 g/mol. The number of hydrogen-bond donors (Lipinski definition) is 1. The molecule has 2 heterocycles. The minimum Gasteiger partial charge on any atom is -0.497 e. The number of ether oxygens (including phenoxy) is 1. The molecule has 0 aliphatic carbocycles. The molecule has 158 valence electrons. The van der Waals surface area contributed by atoms with Gasteiger partial charge in [0.15, 0.2) is 5.96 Å². The molecule has 1 saturated heterocycles. The van der Waals surface area contributed by atoms with Gasteiger partial charge in [0.2, 0.25) is 0 Å². The second-order valence-corrected chi connectivity index (χ2v) is 7.19. The maximum Gasteiger partial charge on any atom is 0.193 e. The van der Waals surface area contributed by atoms with Gasteiger partial charge < -0.3 is 15.0 Å². The number of methoxy groups -OCH3 is 1. The van der Waals surface area contributed by atoms with Crippen molar-refractivity contribution in [3.63, 3.8) is 0 Å². The zero-order chi connectivity index (χ0) is 20.1. The fourth-order valence-electron chi connectivity index (χ4n) is 3.79. The zero-order valence-corrected chi connectivity index (χ0v) is 19.7. The van der Waals surface area contributed by atoms with Crippen LogP contribution in [-0.2, 0) is 6.54 Å². The van der Waals surface area contributed by atoms with Crippen molar-refractivity contribution < 1.29 is 4.74 Å². The van der Waals surface area contributed by atoms with Crippen LogP contribution >= 0.6 is 24.0 Å². The lowest BCUT2D eigenvalue weighted by Crippen LogP contribution is -2.39. The summed E-state index contributed by atoms with van der Waals surface area (Å²) in [6.45, 7) is 2.64. The van der Waals surface area contributed by atoms with Gasteiger partial charge >= 0.3 is 0 Å². The molecular formula is C23H28IN5O. The van der Waals surface area contributed by atoms with E-state index in [4.69, 9.17) is 4.74 Å². The Balaban J connectivity index is 0.00000256. The van der Waals surface area contributed by atoms with E-state index in [9.17, 15) is 0 Å². The van der Waals surface area contributed by atoms with E-state index in [1.54, 1.807) is 7.11 Å². The lowest BCUT2D eigenvalue weighted by molar-refractivity contribution is 0.414. The van der Waals surface area contributed by atoms with Crippen LogP contribution in [0.2, 0.25) is 0 Å². The molecule has 2 aromatic carbocycles. The van der Waals surface area contributed by atoms with Crippen LogP contribution < -0.4 is 10.1 Å². The maximum absolute atomic E-state index is 5.21. The topological polar surface area (TPSA) is 54.7 Å². The number of aromatic nitrogens is 2. The van der Waals surface area contributed by atoms with Crippen molar-refractivity contribution in [2.24, 2.45) is 4.99 Å². The summed E-state index contributed by atoms with van der Waals surface area (Å²) in [5, 5.41) is 8.13. The minimum atomic E-state index is 0. The van der Waals surface area contributed by atoms with Crippen LogP contribution in [0, 0.1) is 0 Å². The van der Waals surface area contributed by atoms with Gasteiger partial charge in [0.25, 0.3) is 0 Å². The van der Waals surface area contributed by atoms with Gasteiger partial charge in [0.05, 0.1) is 25.0 Å². The summed E-state index contributed by atoms with van der Waals surface area (Å²) in [7, 11) is 3.51. The van der Waals surface area contributed by atoms with Crippen molar-refractivity contribution in [2.75, 3.05) is 27.2 Å². The van der Waals surface area contributed by atoms with Crippen molar-refractivity contribution in [1.82, 2.24) is 20.0 Å². The summed E-state index contributed by atoms with van der Waals surface area (Å²) < 4.78 is 7.09. The van der Waals surface area contributed by atoms with Crippen LogP contribution in [0.15, 0.2) is 71.9 Å². The third-order valence-corrected chi connectivity index (χ3v) is 5.38. The first-order valence-electron chi connectivity index (χ1n) is 9.96. The highest BCUT2D eigenvalue weighted by atomic mass is 127. The Labute approximate surface area is 195 Å². The molecule has 1 unspecified atom stereocenters. The fraction of sp³-hybridized carbons (Fsp3) is 0.304. The molecular weight excluding hydrogens is 489 g/mol. The summed E-state index contributed by atoms with van der Waals surface area (Å²) in [5.74, 6) is 2.33.